The van der Waals surface area contributed by atoms with Gasteiger partial charge in [-0.3, -0.25) is 9.78 Å². The summed E-state index contributed by atoms with van der Waals surface area (Å²) in [5.74, 6) is -0.208. The number of rotatable bonds is 7. The molecule has 9 heteroatoms. The Hall–Kier alpha value is -3.72. The zero-order valence-corrected chi connectivity index (χ0v) is 23.8. The number of aromatic nitrogens is 2. The van der Waals surface area contributed by atoms with E-state index in [1.807, 2.05) is 60.7 Å². The Bertz CT molecular complexity index is 1520. The molecule has 4 aromatic rings. The van der Waals surface area contributed by atoms with Gasteiger partial charge in [0.15, 0.2) is 5.11 Å². The van der Waals surface area contributed by atoms with E-state index in [1.165, 1.54) is 7.11 Å². The van der Waals surface area contributed by atoms with Crippen molar-refractivity contribution in [1.29, 1.82) is 0 Å². The molecule has 2 aromatic heterocycles. The number of hydrogen-bond donors (Lipinski definition) is 2. The summed E-state index contributed by atoms with van der Waals surface area (Å²) >= 11 is 12.3. The number of anilines is 2. The van der Waals surface area contributed by atoms with Crippen LogP contribution >= 0.6 is 23.8 Å². The normalized spacial score (nSPS) is 16.8. The van der Waals surface area contributed by atoms with Crippen LogP contribution in [0.15, 0.2) is 72.9 Å². The average molecular weight is 560 g/mol. The van der Waals surface area contributed by atoms with Crippen molar-refractivity contribution in [3.8, 4) is 5.69 Å². The lowest BCUT2D eigenvalue weighted by atomic mass is 9.96. The van der Waals surface area contributed by atoms with Crippen LogP contribution in [0.3, 0.4) is 0 Å². The van der Waals surface area contributed by atoms with Crippen molar-refractivity contribution < 1.29 is 9.53 Å². The molecule has 2 unspecified atom stereocenters. The Morgan fingerprint density at radius 1 is 1.10 bits per heavy atom. The van der Waals surface area contributed by atoms with Crippen LogP contribution in [0, 0.1) is 20.8 Å². The number of pyridine rings is 1. The third-order valence-electron chi connectivity index (χ3n) is 7.00. The molecule has 2 aromatic carbocycles. The van der Waals surface area contributed by atoms with E-state index in [0.29, 0.717) is 15.8 Å². The number of ether oxygens (including phenoxy) is 1. The zero-order chi connectivity index (χ0) is 27.7. The minimum absolute atomic E-state index is 0.00255. The lowest BCUT2D eigenvalue weighted by molar-refractivity contribution is -0.119. The van der Waals surface area contributed by atoms with Crippen LogP contribution in [-0.2, 0) is 9.53 Å². The highest BCUT2D eigenvalue weighted by Gasteiger charge is 2.42. The predicted molar refractivity (Wildman–Crippen MR) is 160 cm³/mol. The van der Waals surface area contributed by atoms with E-state index in [-0.39, 0.29) is 24.6 Å². The summed E-state index contributed by atoms with van der Waals surface area (Å²) < 4.78 is 7.17. The summed E-state index contributed by atoms with van der Waals surface area (Å²) in [6, 6.07) is 21.4. The van der Waals surface area contributed by atoms with E-state index < -0.39 is 0 Å². The van der Waals surface area contributed by atoms with Gasteiger partial charge in [0, 0.05) is 46.8 Å². The number of halogens is 1. The number of carbonyl (C=O) groups is 1. The maximum Gasteiger partial charge on any atom is 0.250 e. The number of nitrogens with one attached hydrogen (secondary N) is 2. The second-order valence-corrected chi connectivity index (χ2v) is 10.4. The maximum absolute atomic E-state index is 12.0. The molecule has 3 heterocycles. The van der Waals surface area contributed by atoms with Gasteiger partial charge in [-0.05, 0) is 98.7 Å². The molecular weight excluding hydrogens is 530 g/mol. The van der Waals surface area contributed by atoms with E-state index in [9.17, 15) is 4.79 Å². The van der Waals surface area contributed by atoms with Gasteiger partial charge in [-0.15, -0.1) is 0 Å². The van der Waals surface area contributed by atoms with Gasteiger partial charge in [0.25, 0.3) is 0 Å². The first-order valence-electron chi connectivity index (χ1n) is 12.6. The van der Waals surface area contributed by atoms with Crippen LogP contribution in [0.4, 0.5) is 11.4 Å². The van der Waals surface area contributed by atoms with Crippen LogP contribution in [0.2, 0.25) is 5.02 Å². The third kappa shape index (κ3) is 5.28. The van der Waals surface area contributed by atoms with Crippen molar-refractivity contribution in [3.05, 3.63) is 106 Å². The van der Waals surface area contributed by atoms with Gasteiger partial charge in [0.2, 0.25) is 5.91 Å². The number of aryl methyl sites for hydroxylation is 2. The molecule has 1 saturated heterocycles. The first-order valence-corrected chi connectivity index (χ1v) is 13.4. The number of methoxy groups -OCH3 is 1. The standard InChI is InChI=1S/C30H30ClN5O2S/c1-18-8-9-21(31)16-26(18)35-19(2)15-24(20(35)3)29-28(25-7-5-6-14-32-25)34-30(39)36(29)23-12-10-22(11-13-23)33-27(37)17-38-4/h5-16,28-29H,17H2,1-4H3,(H,33,37)(H,34,39). The topological polar surface area (TPSA) is 71.4 Å². The highest BCUT2D eigenvalue weighted by molar-refractivity contribution is 7.80. The molecule has 0 bridgehead atoms. The van der Waals surface area contributed by atoms with Gasteiger partial charge in [-0.2, -0.15) is 0 Å². The van der Waals surface area contributed by atoms with Crippen LogP contribution in [0.1, 0.15) is 40.3 Å². The molecule has 7 nitrogen and oxygen atoms in total. The highest BCUT2D eigenvalue weighted by Crippen LogP contribution is 2.44. The monoisotopic (exact) mass is 559 g/mol. The fourth-order valence-corrected chi connectivity index (χ4v) is 5.78. The fourth-order valence-electron chi connectivity index (χ4n) is 5.26. The first-order chi connectivity index (χ1) is 18.8. The summed E-state index contributed by atoms with van der Waals surface area (Å²) in [4.78, 5) is 18.8. The molecule has 1 aliphatic heterocycles. The summed E-state index contributed by atoms with van der Waals surface area (Å²) in [5, 5.41) is 7.67. The van der Waals surface area contributed by atoms with Crippen molar-refractivity contribution in [2.75, 3.05) is 23.9 Å². The molecule has 2 atom stereocenters. The van der Waals surface area contributed by atoms with Crippen molar-refractivity contribution in [1.82, 2.24) is 14.9 Å². The maximum atomic E-state index is 12.0. The summed E-state index contributed by atoms with van der Waals surface area (Å²) in [5.41, 5.74) is 8.01. The van der Waals surface area contributed by atoms with E-state index in [2.05, 4.69) is 51.9 Å². The Morgan fingerprint density at radius 2 is 1.87 bits per heavy atom. The Labute approximate surface area is 238 Å². The van der Waals surface area contributed by atoms with E-state index in [4.69, 9.17) is 28.6 Å². The van der Waals surface area contributed by atoms with Crippen molar-refractivity contribution in [3.63, 3.8) is 0 Å². The van der Waals surface area contributed by atoms with E-state index in [1.54, 1.807) is 6.20 Å². The molecule has 0 radical (unpaired) electrons. The van der Waals surface area contributed by atoms with Crippen LogP contribution in [-0.4, -0.2) is 34.3 Å². The number of thiocarbonyl (C=S) groups is 1. The Kier molecular flexibility index (Phi) is 7.70. The fraction of sp³-hybridized carbons (Fsp3) is 0.233. The summed E-state index contributed by atoms with van der Waals surface area (Å²) in [6.45, 7) is 6.32. The first kappa shape index (κ1) is 26.9. The van der Waals surface area contributed by atoms with Gasteiger partial charge in [-0.25, -0.2) is 0 Å². The molecule has 0 spiro atoms. The number of nitrogens with zero attached hydrogens (tertiary/aromatic N) is 3. The number of hydrogen-bond acceptors (Lipinski definition) is 4. The molecule has 200 valence electrons. The average Bonchev–Trinajstić information content (AvgIpc) is 3.41. The molecule has 39 heavy (non-hydrogen) atoms. The van der Waals surface area contributed by atoms with Crippen LogP contribution in [0.25, 0.3) is 5.69 Å². The molecule has 0 aliphatic carbocycles. The number of amides is 1. The van der Waals surface area contributed by atoms with Crippen LogP contribution < -0.4 is 15.5 Å². The van der Waals surface area contributed by atoms with Crippen molar-refractivity contribution in [2.45, 2.75) is 32.9 Å². The third-order valence-corrected chi connectivity index (χ3v) is 7.55. The SMILES string of the molecule is COCC(=O)Nc1ccc(N2C(=S)NC(c3ccccn3)C2c2cc(C)n(-c3cc(Cl)ccc3C)c2C)cc1. The van der Waals surface area contributed by atoms with E-state index >= 15 is 0 Å². The van der Waals surface area contributed by atoms with Gasteiger partial charge in [0.05, 0.1) is 17.8 Å². The lowest BCUT2D eigenvalue weighted by Crippen LogP contribution is -2.29. The second kappa shape index (κ2) is 11.2. The lowest BCUT2D eigenvalue weighted by Gasteiger charge is -2.28. The zero-order valence-electron chi connectivity index (χ0n) is 22.2. The van der Waals surface area contributed by atoms with Gasteiger partial charge in [-0.1, -0.05) is 23.7 Å². The molecule has 1 fully saturated rings. The van der Waals surface area contributed by atoms with Crippen molar-refractivity contribution >= 4 is 46.2 Å². The van der Waals surface area contributed by atoms with Crippen molar-refractivity contribution in [2.24, 2.45) is 0 Å². The van der Waals surface area contributed by atoms with Gasteiger partial charge < -0.3 is 24.8 Å². The number of benzene rings is 2. The largest absolute Gasteiger partial charge is 0.375 e. The van der Waals surface area contributed by atoms with Gasteiger partial charge in [0.1, 0.15) is 6.61 Å². The van der Waals surface area contributed by atoms with E-state index in [0.717, 1.165) is 39.6 Å². The predicted octanol–water partition coefficient (Wildman–Crippen LogP) is 6.21. The quantitative estimate of drug-likeness (QED) is 0.262. The molecule has 1 aliphatic rings. The highest BCUT2D eigenvalue weighted by atomic mass is 35.5. The second-order valence-electron chi connectivity index (χ2n) is 9.62. The molecule has 2 N–H and O–H groups in total. The minimum atomic E-state index is -0.208. The minimum Gasteiger partial charge on any atom is -0.375 e. The summed E-state index contributed by atoms with van der Waals surface area (Å²) in [6.07, 6.45) is 1.80. The molecular formula is C30H30ClN5O2S. The molecule has 1 amide bonds. The molecule has 0 saturated carbocycles. The molecule has 5 rings (SSSR count). The summed E-state index contributed by atoms with van der Waals surface area (Å²) in [7, 11) is 1.49. The van der Waals surface area contributed by atoms with Crippen LogP contribution in [0.5, 0.6) is 0 Å². The Morgan fingerprint density at radius 3 is 2.56 bits per heavy atom. The smallest absolute Gasteiger partial charge is 0.250 e. The number of carbonyl (C=O) groups excluding carboxylic acids is 1. The Balaban J connectivity index is 1.60. The van der Waals surface area contributed by atoms with Gasteiger partial charge >= 0.3 is 0 Å².